The minimum Gasteiger partial charge on any atom is -0.367 e. The lowest BCUT2D eigenvalue weighted by molar-refractivity contribution is -0.150. The summed E-state index contributed by atoms with van der Waals surface area (Å²) < 4.78 is 5.43. The predicted octanol–water partition coefficient (Wildman–Crippen LogP) is 0.465. The van der Waals surface area contributed by atoms with Gasteiger partial charge in [-0.2, -0.15) is 0 Å². The highest BCUT2D eigenvalue weighted by molar-refractivity contribution is 5.95. The number of rotatable bonds is 4. The van der Waals surface area contributed by atoms with Crippen LogP contribution in [0.1, 0.15) is 22.8 Å². The van der Waals surface area contributed by atoms with Gasteiger partial charge in [0.15, 0.2) is 5.60 Å². The molecule has 0 spiro atoms. The summed E-state index contributed by atoms with van der Waals surface area (Å²) in [4.78, 5) is 27.7. The van der Waals surface area contributed by atoms with Crippen LogP contribution in [0.4, 0.5) is 0 Å². The molecule has 120 valence electrons. The average molecular weight is 305 g/mol. The van der Waals surface area contributed by atoms with E-state index in [1.807, 2.05) is 38.4 Å². The van der Waals surface area contributed by atoms with Gasteiger partial charge >= 0.3 is 0 Å². The van der Waals surface area contributed by atoms with Gasteiger partial charge in [-0.05, 0) is 38.7 Å². The van der Waals surface area contributed by atoms with Crippen LogP contribution in [0.5, 0.6) is 0 Å². The molecule has 1 aromatic rings. The Hall–Kier alpha value is -1.92. The molecule has 1 fully saturated rings. The summed E-state index contributed by atoms with van der Waals surface area (Å²) in [6.07, 6.45) is 0. The van der Waals surface area contributed by atoms with Crippen LogP contribution in [0.2, 0.25) is 0 Å². The van der Waals surface area contributed by atoms with Crippen LogP contribution < -0.4 is 5.73 Å². The molecular formula is C16H23N3O3. The van der Waals surface area contributed by atoms with Crippen molar-refractivity contribution in [2.75, 3.05) is 33.8 Å². The molecule has 2 rings (SSSR count). The molecule has 0 saturated carbocycles. The predicted molar refractivity (Wildman–Crippen MR) is 83.3 cm³/mol. The van der Waals surface area contributed by atoms with E-state index in [4.69, 9.17) is 10.5 Å². The van der Waals surface area contributed by atoms with Gasteiger partial charge in [-0.15, -0.1) is 0 Å². The van der Waals surface area contributed by atoms with Gasteiger partial charge in [-0.3, -0.25) is 9.59 Å². The lowest BCUT2D eigenvalue weighted by atomic mass is 10.0. The molecule has 6 heteroatoms. The van der Waals surface area contributed by atoms with Gasteiger partial charge in [0.2, 0.25) is 0 Å². The standard InChI is InChI=1S/C16H23N3O3/c1-16(15(17)21)11-19(8-9-22-16)14(20)13-6-4-12(5-7-13)10-18(2)3/h4-7H,8-11H2,1-3H3,(H2,17,21). The number of morpholine rings is 1. The van der Waals surface area contributed by atoms with Crippen molar-refractivity contribution in [3.63, 3.8) is 0 Å². The maximum atomic E-state index is 12.6. The molecule has 2 N–H and O–H groups in total. The molecule has 1 aromatic carbocycles. The second kappa shape index (κ2) is 6.46. The van der Waals surface area contributed by atoms with Crippen molar-refractivity contribution in [1.29, 1.82) is 0 Å². The number of carbonyl (C=O) groups is 2. The van der Waals surface area contributed by atoms with Crippen LogP contribution in [0.3, 0.4) is 0 Å². The first-order chi connectivity index (χ1) is 10.3. The van der Waals surface area contributed by atoms with Gasteiger partial charge in [-0.1, -0.05) is 12.1 Å². The SMILES string of the molecule is CN(C)Cc1ccc(C(=O)N2CCOC(C)(C(N)=O)C2)cc1. The van der Waals surface area contributed by atoms with Crippen molar-refractivity contribution >= 4 is 11.8 Å². The van der Waals surface area contributed by atoms with Gasteiger partial charge in [0.1, 0.15) is 0 Å². The number of carbonyl (C=O) groups excluding carboxylic acids is 2. The minimum atomic E-state index is -1.11. The van der Waals surface area contributed by atoms with Gasteiger partial charge in [-0.25, -0.2) is 0 Å². The zero-order chi connectivity index (χ0) is 16.3. The minimum absolute atomic E-state index is 0.104. The Labute approximate surface area is 130 Å². The van der Waals surface area contributed by atoms with Gasteiger partial charge in [0, 0.05) is 18.7 Å². The molecule has 1 unspecified atom stereocenters. The summed E-state index contributed by atoms with van der Waals surface area (Å²) in [5.41, 5.74) is 6.00. The van der Waals surface area contributed by atoms with E-state index in [1.165, 1.54) is 0 Å². The first kappa shape index (κ1) is 16.5. The first-order valence-electron chi connectivity index (χ1n) is 7.28. The number of nitrogens with two attached hydrogens (primary N) is 1. The number of nitrogens with zero attached hydrogens (tertiary/aromatic N) is 2. The number of primary amides is 1. The lowest BCUT2D eigenvalue weighted by Crippen LogP contribution is -2.58. The van der Waals surface area contributed by atoms with E-state index in [0.717, 1.165) is 12.1 Å². The normalized spacial score (nSPS) is 21.9. The molecule has 1 atom stereocenters. The Morgan fingerprint density at radius 2 is 1.95 bits per heavy atom. The largest absolute Gasteiger partial charge is 0.367 e. The molecule has 0 aliphatic carbocycles. The van der Waals surface area contributed by atoms with Crippen LogP contribution in [0, 0.1) is 0 Å². The lowest BCUT2D eigenvalue weighted by Gasteiger charge is -2.38. The van der Waals surface area contributed by atoms with Crippen molar-refractivity contribution in [2.24, 2.45) is 5.73 Å². The number of benzene rings is 1. The number of ether oxygens (including phenoxy) is 1. The average Bonchev–Trinajstić information content (AvgIpc) is 2.46. The van der Waals surface area contributed by atoms with Crippen molar-refractivity contribution in [3.05, 3.63) is 35.4 Å². The van der Waals surface area contributed by atoms with Crippen molar-refractivity contribution < 1.29 is 14.3 Å². The third kappa shape index (κ3) is 3.64. The molecule has 22 heavy (non-hydrogen) atoms. The Morgan fingerprint density at radius 1 is 1.32 bits per heavy atom. The molecule has 0 radical (unpaired) electrons. The number of hydrogen-bond donors (Lipinski definition) is 1. The summed E-state index contributed by atoms with van der Waals surface area (Å²) in [7, 11) is 3.99. The highest BCUT2D eigenvalue weighted by Crippen LogP contribution is 2.19. The molecule has 0 bridgehead atoms. The Bertz CT molecular complexity index is 556. The highest BCUT2D eigenvalue weighted by atomic mass is 16.5. The summed E-state index contributed by atoms with van der Waals surface area (Å²) in [6, 6.07) is 7.53. The summed E-state index contributed by atoms with van der Waals surface area (Å²) in [5, 5.41) is 0. The Morgan fingerprint density at radius 3 is 2.50 bits per heavy atom. The van der Waals surface area contributed by atoms with E-state index in [1.54, 1.807) is 11.8 Å². The van der Waals surface area contributed by atoms with Crippen LogP contribution in [0.15, 0.2) is 24.3 Å². The monoisotopic (exact) mass is 305 g/mol. The van der Waals surface area contributed by atoms with E-state index in [-0.39, 0.29) is 12.5 Å². The second-order valence-corrected chi connectivity index (χ2v) is 6.10. The van der Waals surface area contributed by atoms with Gasteiger partial charge in [0.05, 0.1) is 13.2 Å². The van der Waals surface area contributed by atoms with Gasteiger partial charge < -0.3 is 20.3 Å². The fourth-order valence-corrected chi connectivity index (χ4v) is 2.49. The fourth-order valence-electron chi connectivity index (χ4n) is 2.49. The highest BCUT2D eigenvalue weighted by Gasteiger charge is 2.39. The smallest absolute Gasteiger partial charge is 0.254 e. The van der Waals surface area contributed by atoms with Crippen LogP contribution >= 0.6 is 0 Å². The summed E-state index contributed by atoms with van der Waals surface area (Å²) in [5.74, 6) is -0.654. The zero-order valence-corrected chi connectivity index (χ0v) is 13.3. The van der Waals surface area contributed by atoms with E-state index in [2.05, 4.69) is 4.90 Å². The third-order valence-corrected chi connectivity index (χ3v) is 3.78. The number of hydrogen-bond acceptors (Lipinski definition) is 4. The molecule has 1 aliphatic heterocycles. The molecule has 1 aliphatic rings. The van der Waals surface area contributed by atoms with Gasteiger partial charge in [0.25, 0.3) is 11.8 Å². The maximum Gasteiger partial charge on any atom is 0.254 e. The van der Waals surface area contributed by atoms with Crippen molar-refractivity contribution in [1.82, 2.24) is 9.80 Å². The van der Waals surface area contributed by atoms with E-state index >= 15 is 0 Å². The quantitative estimate of drug-likeness (QED) is 0.877. The number of amides is 2. The first-order valence-corrected chi connectivity index (χ1v) is 7.28. The Balaban J connectivity index is 2.09. The molecule has 6 nitrogen and oxygen atoms in total. The maximum absolute atomic E-state index is 12.6. The van der Waals surface area contributed by atoms with Crippen molar-refractivity contribution in [2.45, 2.75) is 19.1 Å². The molecule has 1 saturated heterocycles. The van der Waals surface area contributed by atoms with Crippen LogP contribution in [-0.4, -0.2) is 61.0 Å². The van der Waals surface area contributed by atoms with Crippen molar-refractivity contribution in [3.8, 4) is 0 Å². The molecular weight excluding hydrogens is 282 g/mol. The van der Waals surface area contributed by atoms with E-state index in [0.29, 0.717) is 18.7 Å². The molecule has 0 aromatic heterocycles. The topological polar surface area (TPSA) is 75.9 Å². The molecule has 1 heterocycles. The zero-order valence-electron chi connectivity index (χ0n) is 13.3. The third-order valence-electron chi connectivity index (χ3n) is 3.78. The fraction of sp³-hybridized carbons (Fsp3) is 0.500. The van der Waals surface area contributed by atoms with Crippen LogP contribution in [-0.2, 0) is 16.1 Å². The van der Waals surface area contributed by atoms with Crippen LogP contribution in [0.25, 0.3) is 0 Å². The second-order valence-electron chi connectivity index (χ2n) is 6.10. The summed E-state index contributed by atoms with van der Waals surface area (Å²) in [6.45, 7) is 3.40. The summed E-state index contributed by atoms with van der Waals surface area (Å²) >= 11 is 0. The van der Waals surface area contributed by atoms with E-state index in [9.17, 15) is 9.59 Å². The Kier molecular flexibility index (Phi) is 4.83. The molecule has 2 amide bonds. The van der Waals surface area contributed by atoms with E-state index < -0.39 is 11.5 Å².